The van der Waals surface area contributed by atoms with Gasteiger partial charge in [-0.05, 0) is 298 Å². The van der Waals surface area contributed by atoms with Crippen LogP contribution in [0.5, 0.6) is 34.5 Å². The molecule has 22 rings (SSSR count). The van der Waals surface area contributed by atoms with E-state index in [2.05, 4.69) is 146 Å². The average molecular weight is 2010 g/mol. The summed E-state index contributed by atoms with van der Waals surface area (Å²) in [5.41, 5.74) is -0.988. The van der Waals surface area contributed by atoms with Crippen molar-refractivity contribution < 1.29 is 57.2 Å². The number of hydrogen-bond acceptors (Lipinski definition) is 12. The first-order valence-electron chi connectivity index (χ1n) is 53.2. The molecule has 0 amide bonds. The zero-order chi connectivity index (χ0) is 97.6. The van der Waals surface area contributed by atoms with E-state index in [1.54, 1.807) is 0 Å². The summed E-state index contributed by atoms with van der Waals surface area (Å²) < 4.78 is 34.7. The van der Waals surface area contributed by atoms with E-state index in [0.29, 0.717) is 76.9 Å². The van der Waals surface area contributed by atoms with E-state index >= 15 is 0 Å². The molecule has 6 aliphatic heterocycles. The molecule has 10 aliphatic rings. The van der Waals surface area contributed by atoms with Gasteiger partial charge in [-0.25, -0.2) is 0 Å². The van der Waals surface area contributed by atoms with E-state index in [0.717, 1.165) is 158 Å². The lowest BCUT2D eigenvalue weighted by molar-refractivity contribution is -0.143. The minimum Gasteiger partial charge on any atom is -0.426 e. The van der Waals surface area contributed by atoms with Crippen LogP contribution in [0, 0.1) is 34.5 Å². The maximum absolute atomic E-state index is 12.6. The molecule has 141 heavy (non-hydrogen) atoms. The van der Waals surface area contributed by atoms with Crippen LogP contribution in [0.4, 0.5) is 0 Å². The van der Waals surface area contributed by atoms with Gasteiger partial charge in [0.1, 0.15) is 104 Å². The second kappa shape index (κ2) is 50.3. The van der Waals surface area contributed by atoms with Crippen LogP contribution in [0.3, 0.4) is 0 Å². The Morgan fingerprint density at radius 1 is 0.184 bits per heavy atom. The van der Waals surface area contributed by atoms with Gasteiger partial charge in [0.2, 0.25) is 0 Å². The number of ether oxygens (including phenoxy) is 6. The van der Waals surface area contributed by atoms with Crippen molar-refractivity contribution in [2.75, 3.05) is 69.0 Å². The van der Waals surface area contributed by atoms with Crippen LogP contribution in [-0.4, -0.2) is 105 Å². The highest BCUT2D eigenvalue weighted by Crippen LogP contribution is 2.45. The highest BCUT2D eigenvalue weighted by molar-refractivity contribution is 7.98. The molecule has 6 saturated heterocycles. The summed E-state index contributed by atoms with van der Waals surface area (Å²) in [4.78, 5) is 83.1. The Morgan fingerprint density at radius 2 is 0.326 bits per heavy atom. The maximum Gasteiger partial charge on any atom is 0.316 e. The normalized spacial score (nSPS) is 18.6. The molecule has 4 aliphatic carbocycles. The molecule has 742 valence electrons. The molecule has 0 unspecified atom stereocenters. The second-order valence-electron chi connectivity index (χ2n) is 42.0. The van der Waals surface area contributed by atoms with Crippen LogP contribution in [0.2, 0.25) is 0 Å². The fourth-order valence-corrected chi connectivity index (χ4v) is 36.5. The summed E-state index contributed by atoms with van der Waals surface area (Å²) in [6, 6.07) is 75.7. The first kappa shape index (κ1) is 104. The van der Waals surface area contributed by atoms with Gasteiger partial charge in [-0.3, -0.25) is 28.8 Å². The van der Waals surface area contributed by atoms with Gasteiger partial charge in [0.05, 0.1) is 34.5 Å². The van der Waals surface area contributed by atoms with Gasteiger partial charge in [0.15, 0.2) is 29.4 Å². The summed E-state index contributed by atoms with van der Waals surface area (Å²) in [7, 11) is 2.14. The van der Waals surface area contributed by atoms with E-state index in [4.69, 9.17) is 28.4 Å². The largest absolute Gasteiger partial charge is 0.426 e. The van der Waals surface area contributed by atoms with Crippen molar-refractivity contribution in [3.05, 3.63) is 218 Å². The minimum atomic E-state index is -0.495. The van der Waals surface area contributed by atoms with Crippen LogP contribution in [0.1, 0.15) is 253 Å². The quantitative estimate of drug-likeness (QED) is 0.0513. The summed E-state index contributed by atoms with van der Waals surface area (Å²) in [5, 5.41) is 14.1. The third-order valence-corrected chi connectivity index (χ3v) is 44.8. The van der Waals surface area contributed by atoms with Crippen molar-refractivity contribution in [1.82, 2.24) is 0 Å². The number of esters is 6. The van der Waals surface area contributed by atoms with Crippen molar-refractivity contribution >= 4 is 166 Å². The molecule has 18 heteroatoms. The monoisotopic (exact) mass is 2010 g/mol. The molecule has 12 nitrogen and oxygen atoms in total. The van der Waals surface area contributed by atoms with Crippen LogP contribution in [0.15, 0.2) is 248 Å². The van der Waals surface area contributed by atoms with Crippen molar-refractivity contribution in [3.8, 4) is 34.5 Å². The Labute approximate surface area is 855 Å². The van der Waals surface area contributed by atoms with Gasteiger partial charge in [0.25, 0.3) is 0 Å². The van der Waals surface area contributed by atoms with Crippen molar-refractivity contribution in [3.63, 3.8) is 0 Å². The first-order valence-corrected chi connectivity index (χ1v) is 62.6. The third-order valence-electron chi connectivity index (χ3n) is 29.6. The van der Waals surface area contributed by atoms with E-state index in [-0.39, 0.29) is 59.5 Å². The lowest BCUT2D eigenvalue weighted by Crippen LogP contribution is -2.25. The number of benzene rings is 12. The molecule has 0 aromatic heterocycles. The molecule has 6 heterocycles. The number of carbonyl (C=O) groups excluding carboxylic acids is 6. The number of rotatable bonds is 16. The van der Waals surface area contributed by atoms with Gasteiger partial charge in [-0.2, -0.15) is 0 Å². The lowest BCUT2D eigenvalue weighted by atomic mass is 9.89. The van der Waals surface area contributed by atoms with E-state index in [9.17, 15) is 28.8 Å². The third kappa shape index (κ3) is 26.7. The van der Waals surface area contributed by atoms with Crippen LogP contribution in [-0.2, 0) is 94.1 Å². The highest BCUT2D eigenvalue weighted by atomic mass is 32.2. The number of fused-ring (bicyclic) bond motifs is 6. The predicted molar refractivity (Wildman–Crippen MR) is 595 cm³/mol. The standard InChI is InChI=1S/C22H27O2S.2C21H25O2S.C20H23O2S.C20H25O2S.C19H23O2S/c23-22(17-9-3-1-4-10-17)24-20-13-14-21(25-15-7-2-8-16-25)19-12-6-5-11-18(19)20;22-21(16-8-2-3-9-16)23-19-12-13-20(24-14-6-1-7-15-24)18-11-5-4-10-17(18)19;22-21(16-8-2-1-3-9-16)23-19-12-13-20(24-14-6-7-15-24)18-11-5-4-10-17(18)19;21-20(15-7-1-2-8-15)22-18-11-12-19(23-13-5-6-14-23)17-10-4-3-9-16(17)18;1-20(2,3)19(21)22-17-11-12-18(23-13-7-4-8-14-23)16-10-6-5-9-15(16)17;1-19(2,3)18(20)21-16-10-11-17(22-12-6-7-13-22)15-9-5-4-8-14(15)16/h5-6,11-14,17H,1-4,7-10,15-16H2;2*4-5,10-13,16H,1-3,6-9,14-15H2;3-4,9-12,15H,1-2,5-8,13-14H2;5-6,9-12H,4,7-8,13-14H2,1-3H3;4-5,8-11H,6-7,12-13H2,1-3H3/q6*+1. The van der Waals surface area contributed by atoms with Crippen molar-refractivity contribution in [2.45, 2.75) is 283 Å². The van der Waals surface area contributed by atoms with Crippen molar-refractivity contribution in [2.24, 2.45) is 34.5 Å². The fourth-order valence-electron chi connectivity index (χ4n) is 21.6. The summed E-state index contributed by atoms with van der Waals surface area (Å²) in [6.07, 6.45) is 39.8. The molecule has 0 atom stereocenters. The minimum absolute atomic E-state index is 0.0299. The fraction of sp³-hybridized carbons (Fsp3) is 0.463. The average Bonchev–Trinajstić information content (AvgIpc) is 1.76. The molecule has 10 fully saturated rings. The van der Waals surface area contributed by atoms with Gasteiger partial charge in [-0.15, -0.1) is 0 Å². The maximum atomic E-state index is 12.6. The summed E-state index contributed by atoms with van der Waals surface area (Å²) in [6.45, 7) is 11.3. The molecule has 0 spiro atoms. The van der Waals surface area contributed by atoms with Crippen LogP contribution >= 0.6 is 0 Å². The van der Waals surface area contributed by atoms with Gasteiger partial charge >= 0.3 is 35.8 Å². The van der Waals surface area contributed by atoms with Gasteiger partial charge < -0.3 is 28.4 Å². The molecular weight excluding hydrogens is 1860 g/mol. The van der Waals surface area contributed by atoms with E-state index in [1.807, 2.05) is 114 Å². The Kier molecular flexibility index (Phi) is 36.9. The summed E-state index contributed by atoms with van der Waals surface area (Å²) >= 11 is 0. The molecule has 0 bridgehead atoms. The predicted octanol–water partition coefficient (Wildman–Crippen LogP) is 29.9. The lowest BCUT2D eigenvalue weighted by Gasteiger charge is -2.20. The first-order chi connectivity index (χ1) is 68.7. The molecule has 4 saturated carbocycles. The number of hydrogen-bond donors (Lipinski definition) is 0. The van der Waals surface area contributed by atoms with Crippen LogP contribution in [0.25, 0.3) is 64.6 Å². The molecule has 0 N–H and O–H groups in total. The van der Waals surface area contributed by atoms with Crippen LogP contribution < -0.4 is 28.4 Å². The molecular formula is C123H148O12S6+6. The smallest absolute Gasteiger partial charge is 0.316 e. The zero-order valence-electron chi connectivity index (χ0n) is 84.3. The van der Waals surface area contributed by atoms with E-state index < -0.39 is 10.8 Å². The second-order valence-corrected chi connectivity index (χ2v) is 55.4. The molecule has 12 aromatic carbocycles. The highest BCUT2D eigenvalue weighted by Gasteiger charge is 2.39. The Balaban J connectivity index is 0.000000117. The zero-order valence-corrected chi connectivity index (χ0v) is 89.2. The van der Waals surface area contributed by atoms with E-state index in [1.165, 1.54) is 240 Å². The Bertz CT molecular complexity index is 6270. The Hall–Kier alpha value is -8.88. The SMILES string of the molecule is CC(C)(C)C(=O)Oc1ccc([S+]2CCCC2)c2ccccc12.CC(C)(C)C(=O)Oc1ccc([S+]2CCCCC2)c2ccccc12.O=C(Oc1ccc([S+]2CCCC2)c2ccccc12)C1CCCC1.O=C(Oc1ccc([S+]2CCCC2)c2ccccc12)C1CCCCC1.O=C(Oc1ccc([S+]2CCCCC2)c2ccccc12)C1CCCC1.O=C(Oc1ccc([S+]2CCCCC2)c2ccccc12)C1CCCCC1. The Morgan fingerprint density at radius 3 is 0.496 bits per heavy atom. The van der Waals surface area contributed by atoms with Gasteiger partial charge in [0, 0.05) is 130 Å². The molecule has 0 radical (unpaired) electrons. The van der Waals surface area contributed by atoms with Crippen molar-refractivity contribution in [1.29, 1.82) is 0 Å². The van der Waals surface area contributed by atoms with Gasteiger partial charge in [-0.1, -0.05) is 173 Å². The summed E-state index contributed by atoms with van der Waals surface area (Å²) in [5.74, 6) is 19.9. The number of carbonyl (C=O) groups is 6. The topological polar surface area (TPSA) is 158 Å². The molecule has 12 aromatic rings.